The standard InChI is InChI=1S/C13H12N4O2/c1-3-19-13(18)11-15-12(17(2)16-11)10-6-4-9(8-14)5-7-10/h4-7H,3H2,1-2H3. The summed E-state index contributed by atoms with van der Waals surface area (Å²) in [5, 5.41) is 12.8. The number of hydrogen-bond donors (Lipinski definition) is 0. The van der Waals surface area contributed by atoms with Gasteiger partial charge in [0.1, 0.15) is 0 Å². The summed E-state index contributed by atoms with van der Waals surface area (Å²) in [6.45, 7) is 2.01. The van der Waals surface area contributed by atoms with Gasteiger partial charge in [-0.25, -0.2) is 14.5 Å². The smallest absolute Gasteiger partial charge is 0.378 e. The van der Waals surface area contributed by atoms with Gasteiger partial charge in [0.2, 0.25) is 0 Å². The van der Waals surface area contributed by atoms with Crippen molar-refractivity contribution in [3.8, 4) is 17.5 Å². The molecule has 19 heavy (non-hydrogen) atoms. The molecule has 0 unspecified atom stereocenters. The average molecular weight is 256 g/mol. The molecule has 0 saturated heterocycles. The topological polar surface area (TPSA) is 80.8 Å². The first-order valence-corrected chi connectivity index (χ1v) is 5.74. The van der Waals surface area contributed by atoms with Gasteiger partial charge >= 0.3 is 5.97 Å². The Morgan fingerprint density at radius 2 is 2.11 bits per heavy atom. The van der Waals surface area contributed by atoms with Crippen LogP contribution in [0.2, 0.25) is 0 Å². The van der Waals surface area contributed by atoms with Gasteiger partial charge in [0.05, 0.1) is 18.2 Å². The normalized spacial score (nSPS) is 9.95. The number of nitrogens with zero attached hydrogens (tertiary/aromatic N) is 4. The third-order valence-electron chi connectivity index (χ3n) is 2.49. The number of ether oxygens (including phenoxy) is 1. The number of esters is 1. The number of nitriles is 1. The minimum Gasteiger partial charge on any atom is -0.460 e. The van der Waals surface area contributed by atoms with E-state index < -0.39 is 5.97 Å². The van der Waals surface area contributed by atoms with Gasteiger partial charge in [0, 0.05) is 12.6 Å². The fourth-order valence-electron chi connectivity index (χ4n) is 1.61. The number of aryl methyl sites for hydroxylation is 1. The first kappa shape index (κ1) is 12.8. The van der Waals surface area contributed by atoms with Crippen LogP contribution in [0, 0.1) is 11.3 Å². The molecule has 0 radical (unpaired) electrons. The second kappa shape index (κ2) is 5.31. The number of benzene rings is 1. The van der Waals surface area contributed by atoms with Crippen molar-refractivity contribution < 1.29 is 9.53 Å². The third kappa shape index (κ3) is 2.60. The Labute approximate surface area is 110 Å². The highest BCUT2D eigenvalue weighted by atomic mass is 16.5. The van der Waals surface area contributed by atoms with Crippen LogP contribution >= 0.6 is 0 Å². The summed E-state index contributed by atoms with van der Waals surface area (Å²) in [5.41, 5.74) is 1.35. The molecule has 0 fully saturated rings. The van der Waals surface area contributed by atoms with E-state index in [0.717, 1.165) is 5.56 Å². The lowest BCUT2D eigenvalue weighted by Gasteiger charge is -1.99. The van der Waals surface area contributed by atoms with Crippen LogP contribution in [0.3, 0.4) is 0 Å². The van der Waals surface area contributed by atoms with Gasteiger partial charge in [0.15, 0.2) is 5.82 Å². The molecule has 6 heteroatoms. The van der Waals surface area contributed by atoms with Crippen molar-refractivity contribution >= 4 is 5.97 Å². The Kier molecular flexibility index (Phi) is 3.57. The first-order valence-electron chi connectivity index (χ1n) is 5.74. The van der Waals surface area contributed by atoms with Crippen molar-refractivity contribution in [1.29, 1.82) is 5.26 Å². The molecule has 0 aliphatic heterocycles. The van der Waals surface area contributed by atoms with E-state index in [1.165, 1.54) is 4.68 Å². The summed E-state index contributed by atoms with van der Waals surface area (Å²) in [6, 6.07) is 8.94. The highest BCUT2D eigenvalue weighted by Crippen LogP contribution is 2.17. The molecule has 0 bridgehead atoms. The third-order valence-corrected chi connectivity index (χ3v) is 2.49. The van der Waals surface area contributed by atoms with Crippen LogP contribution in [0.15, 0.2) is 24.3 Å². The quantitative estimate of drug-likeness (QED) is 0.778. The van der Waals surface area contributed by atoms with Crippen molar-refractivity contribution in [1.82, 2.24) is 14.8 Å². The molecule has 96 valence electrons. The van der Waals surface area contributed by atoms with Crippen LogP contribution in [-0.4, -0.2) is 27.3 Å². The molecular weight excluding hydrogens is 244 g/mol. The molecule has 2 aromatic rings. The number of carbonyl (C=O) groups is 1. The van der Waals surface area contributed by atoms with E-state index in [2.05, 4.69) is 10.1 Å². The van der Waals surface area contributed by atoms with Crippen molar-refractivity contribution in [3.63, 3.8) is 0 Å². The summed E-state index contributed by atoms with van der Waals surface area (Å²) < 4.78 is 6.36. The molecule has 0 atom stereocenters. The number of hydrogen-bond acceptors (Lipinski definition) is 5. The summed E-state index contributed by atoms with van der Waals surface area (Å²) in [7, 11) is 1.70. The minimum absolute atomic E-state index is 0.0312. The van der Waals surface area contributed by atoms with E-state index >= 15 is 0 Å². The number of aromatic nitrogens is 3. The van der Waals surface area contributed by atoms with Crippen molar-refractivity contribution in [3.05, 3.63) is 35.7 Å². The van der Waals surface area contributed by atoms with Crippen LogP contribution in [0.1, 0.15) is 23.1 Å². The molecule has 0 saturated carbocycles. The van der Waals surface area contributed by atoms with Gasteiger partial charge < -0.3 is 4.74 Å². The van der Waals surface area contributed by atoms with Crippen molar-refractivity contribution in [2.75, 3.05) is 6.61 Å². The maximum absolute atomic E-state index is 11.5. The van der Waals surface area contributed by atoms with Gasteiger partial charge in [-0.3, -0.25) is 0 Å². The van der Waals surface area contributed by atoms with E-state index in [1.54, 1.807) is 38.2 Å². The minimum atomic E-state index is -0.544. The lowest BCUT2D eigenvalue weighted by atomic mass is 10.1. The van der Waals surface area contributed by atoms with Gasteiger partial charge in [0.25, 0.3) is 5.82 Å². The van der Waals surface area contributed by atoms with Crippen LogP contribution < -0.4 is 0 Å². The maximum atomic E-state index is 11.5. The van der Waals surface area contributed by atoms with Crippen molar-refractivity contribution in [2.24, 2.45) is 7.05 Å². The summed E-state index contributed by atoms with van der Waals surface area (Å²) >= 11 is 0. The lowest BCUT2D eigenvalue weighted by molar-refractivity contribution is 0.0512. The summed E-state index contributed by atoms with van der Waals surface area (Å²) in [6.07, 6.45) is 0. The van der Waals surface area contributed by atoms with Crippen LogP contribution in [0.4, 0.5) is 0 Å². The Hall–Kier alpha value is -2.68. The highest BCUT2D eigenvalue weighted by Gasteiger charge is 2.16. The Morgan fingerprint density at radius 1 is 1.42 bits per heavy atom. The average Bonchev–Trinajstić information content (AvgIpc) is 2.81. The molecule has 0 spiro atoms. The molecule has 0 aliphatic rings. The van der Waals surface area contributed by atoms with E-state index in [-0.39, 0.29) is 12.4 Å². The predicted molar refractivity (Wildman–Crippen MR) is 67.1 cm³/mol. The Balaban J connectivity index is 2.34. The Morgan fingerprint density at radius 3 is 2.68 bits per heavy atom. The zero-order valence-electron chi connectivity index (χ0n) is 10.6. The van der Waals surface area contributed by atoms with Crippen LogP contribution in [0.25, 0.3) is 11.4 Å². The molecule has 0 aliphatic carbocycles. The maximum Gasteiger partial charge on any atom is 0.378 e. The zero-order valence-corrected chi connectivity index (χ0v) is 10.6. The second-order valence-corrected chi connectivity index (χ2v) is 3.79. The SMILES string of the molecule is CCOC(=O)c1nc(-c2ccc(C#N)cc2)n(C)n1. The molecule has 6 nitrogen and oxygen atoms in total. The predicted octanol–water partition coefficient (Wildman–Crippen LogP) is 1.53. The van der Waals surface area contributed by atoms with E-state index in [9.17, 15) is 4.79 Å². The second-order valence-electron chi connectivity index (χ2n) is 3.79. The van der Waals surface area contributed by atoms with E-state index in [4.69, 9.17) is 10.00 Å². The van der Waals surface area contributed by atoms with Gasteiger partial charge in [-0.2, -0.15) is 5.26 Å². The van der Waals surface area contributed by atoms with E-state index in [1.807, 2.05) is 6.07 Å². The fraction of sp³-hybridized carbons (Fsp3) is 0.231. The molecule has 2 rings (SSSR count). The molecule has 1 heterocycles. The lowest BCUT2D eigenvalue weighted by Crippen LogP contribution is -2.07. The highest BCUT2D eigenvalue weighted by molar-refractivity contribution is 5.85. The number of carbonyl (C=O) groups excluding carboxylic acids is 1. The Bertz CT molecular complexity index is 638. The van der Waals surface area contributed by atoms with Crippen LogP contribution in [0.5, 0.6) is 0 Å². The zero-order chi connectivity index (χ0) is 13.8. The summed E-state index contributed by atoms with van der Waals surface area (Å²) in [5.74, 6) is 0.0363. The van der Waals surface area contributed by atoms with E-state index in [0.29, 0.717) is 11.4 Å². The van der Waals surface area contributed by atoms with Gasteiger partial charge in [-0.15, -0.1) is 5.10 Å². The molecule has 1 aromatic heterocycles. The molecule has 1 aromatic carbocycles. The monoisotopic (exact) mass is 256 g/mol. The summed E-state index contributed by atoms with van der Waals surface area (Å²) in [4.78, 5) is 15.7. The van der Waals surface area contributed by atoms with Crippen molar-refractivity contribution in [2.45, 2.75) is 6.92 Å². The molecular formula is C13H12N4O2. The van der Waals surface area contributed by atoms with Crippen LogP contribution in [-0.2, 0) is 11.8 Å². The largest absolute Gasteiger partial charge is 0.460 e. The fourth-order valence-corrected chi connectivity index (χ4v) is 1.61. The first-order chi connectivity index (χ1) is 9.15. The van der Waals surface area contributed by atoms with Gasteiger partial charge in [-0.05, 0) is 31.2 Å². The van der Waals surface area contributed by atoms with Gasteiger partial charge in [-0.1, -0.05) is 0 Å². The molecule has 0 N–H and O–H groups in total. The molecule has 0 amide bonds. The number of rotatable bonds is 3.